The number of nitrogens with one attached hydrogen (secondary N) is 1. The maximum Gasteiger partial charge on any atom is 0.261 e. The van der Waals surface area contributed by atoms with E-state index in [0.29, 0.717) is 11.4 Å². The van der Waals surface area contributed by atoms with Gasteiger partial charge in [0.05, 0.1) is 16.3 Å². The van der Waals surface area contributed by atoms with Crippen LogP contribution in [0.25, 0.3) is 6.08 Å². The van der Waals surface area contributed by atoms with E-state index in [9.17, 15) is 8.42 Å². The topological polar surface area (TPSA) is 59.1 Å². The molecule has 19 heavy (non-hydrogen) atoms. The monoisotopic (exact) mass is 274 g/mol. The van der Waals surface area contributed by atoms with Crippen LogP contribution in [-0.4, -0.2) is 13.4 Å². The molecule has 1 N–H and O–H groups in total. The number of hydrogen-bond donors (Lipinski definition) is 1. The van der Waals surface area contributed by atoms with Crippen molar-refractivity contribution in [3.63, 3.8) is 0 Å². The van der Waals surface area contributed by atoms with Crippen molar-refractivity contribution in [1.29, 1.82) is 0 Å². The van der Waals surface area contributed by atoms with Crippen molar-refractivity contribution >= 4 is 21.8 Å². The van der Waals surface area contributed by atoms with Gasteiger partial charge in [0, 0.05) is 6.20 Å². The minimum Gasteiger partial charge on any atom is -0.277 e. The molecule has 0 radical (unpaired) electrons. The lowest BCUT2D eigenvalue weighted by Crippen LogP contribution is -2.14. The molecule has 0 amide bonds. The molecule has 1 aromatic carbocycles. The molecule has 4 nitrogen and oxygen atoms in total. The molecule has 0 aliphatic rings. The highest BCUT2D eigenvalue weighted by Gasteiger charge is 2.15. The van der Waals surface area contributed by atoms with Gasteiger partial charge >= 0.3 is 0 Å². The molecular weight excluding hydrogens is 260 g/mol. The number of benzene rings is 1. The molecule has 0 fully saturated rings. The fraction of sp³-hybridized carbons (Fsp3) is 0.0714. The normalized spacial score (nSPS) is 11.0. The van der Waals surface area contributed by atoms with Crippen LogP contribution < -0.4 is 4.72 Å². The van der Waals surface area contributed by atoms with Gasteiger partial charge < -0.3 is 0 Å². The Morgan fingerprint density at radius 1 is 1.21 bits per heavy atom. The molecule has 5 heteroatoms. The fourth-order valence-corrected chi connectivity index (χ4v) is 2.66. The van der Waals surface area contributed by atoms with E-state index in [0.717, 1.165) is 5.56 Å². The van der Waals surface area contributed by atoms with Crippen LogP contribution in [0.1, 0.15) is 11.3 Å². The van der Waals surface area contributed by atoms with E-state index in [-0.39, 0.29) is 4.90 Å². The Kier molecular flexibility index (Phi) is 3.66. The maximum absolute atomic E-state index is 12.2. The van der Waals surface area contributed by atoms with E-state index in [2.05, 4.69) is 16.3 Å². The maximum atomic E-state index is 12.2. The Morgan fingerprint density at radius 3 is 2.53 bits per heavy atom. The molecule has 1 aromatic heterocycles. The summed E-state index contributed by atoms with van der Waals surface area (Å²) in [5.74, 6) is 0. The molecule has 0 bridgehead atoms. The zero-order valence-electron chi connectivity index (χ0n) is 10.5. The first-order valence-electron chi connectivity index (χ1n) is 5.70. The van der Waals surface area contributed by atoms with Crippen LogP contribution in [0.5, 0.6) is 0 Å². The number of aromatic nitrogens is 1. The van der Waals surface area contributed by atoms with Gasteiger partial charge in [0.25, 0.3) is 10.0 Å². The van der Waals surface area contributed by atoms with E-state index >= 15 is 0 Å². The van der Waals surface area contributed by atoms with Crippen LogP contribution in [0.3, 0.4) is 0 Å². The van der Waals surface area contributed by atoms with Gasteiger partial charge in [-0.25, -0.2) is 8.42 Å². The Bertz CT molecular complexity index is 692. The summed E-state index contributed by atoms with van der Waals surface area (Å²) in [6, 6.07) is 9.97. The van der Waals surface area contributed by atoms with E-state index < -0.39 is 10.0 Å². The van der Waals surface area contributed by atoms with E-state index in [1.165, 1.54) is 6.08 Å². The number of sulfonamides is 1. The molecule has 98 valence electrons. The third-order valence-corrected chi connectivity index (χ3v) is 3.99. The highest BCUT2D eigenvalue weighted by Crippen LogP contribution is 2.19. The first-order valence-corrected chi connectivity index (χ1v) is 7.18. The first-order chi connectivity index (χ1) is 9.03. The quantitative estimate of drug-likeness (QED) is 0.932. The molecule has 0 saturated heterocycles. The van der Waals surface area contributed by atoms with Crippen LogP contribution in [0.2, 0.25) is 0 Å². The van der Waals surface area contributed by atoms with E-state index in [4.69, 9.17) is 0 Å². The van der Waals surface area contributed by atoms with Gasteiger partial charge in [0.2, 0.25) is 0 Å². The van der Waals surface area contributed by atoms with Crippen LogP contribution in [0, 0.1) is 6.92 Å². The summed E-state index contributed by atoms with van der Waals surface area (Å²) >= 11 is 0. The summed E-state index contributed by atoms with van der Waals surface area (Å²) in [7, 11) is -3.60. The molecule has 2 aromatic rings. The summed E-state index contributed by atoms with van der Waals surface area (Å²) in [4.78, 5) is 4.26. The van der Waals surface area contributed by atoms with Gasteiger partial charge in [0.1, 0.15) is 0 Å². The molecule has 0 saturated carbocycles. The minimum atomic E-state index is -3.60. The lowest BCUT2D eigenvalue weighted by atomic mass is 10.2. The number of hydrogen-bond acceptors (Lipinski definition) is 3. The van der Waals surface area contributed by atoms with Gasteiger partial charge in [-0.3, -0.25) is 9.71 Å². The number of rotatable bonds is 4. The molecule has 0 unspecified atom stereocenters. The molecule has 0 spiro atoms. The van der Waals surface area contributed by atoms with Crippen molar-refractivity contribution in [2.24, 2.45) is 0 Å². The largest absolute Gasteiger partial charge is 0.277 e. The number of nitrogens with zero attached hydrogens (tertiary/aromatic N) is 1. The van der Waals surface area contributed by atoms with Gasteiger partial charge in [-0.1, -0.05) is 24.3 Å². The minimum absolute atomic E-state index is 0.219. The van der Waals surface area contributed by atoms with Crippen LogP contribution >= 0.6 is 0 Å². The van der Waals surface area contributed by atoms with Crippen LogP contribution in [0.15, 0.2) is 54.1 Å². The van der Waals surface area contributed by atoms with Crippen molar-refractivity contribution in [3.05, 3.63) is 60.4 Å². The van der Waals surface area contributed by atoms with Crippen molar-refractivity contribution in [3.8, 4) is 0 Å². The summed E-state index contributed by atoms with van der Waals surface area (Å²) in [6.07, 6.45) is 3.09. The van der Waals surface area contributed by atoms with Gasteiger partial charge in [-0.05, 0) is 37.3 Å². The zero-order chi connectivity index (χ0) is 13.9. The summed E-state index contributed by atoms with van der Waals surface area (Å²) < 4.78 is 26.9. The third-order valence-electron chi connectivity index (χ3n) is 2.61. The summed E-state index contributed by atoms with van der Waals surface area (Å²) in [6.45, 7) is 5.51. The second kappa shape index (κ2) is 5.24. The SMILES string of the molecule is C=Cc1ncccc1NS(=O)(=O)c1ccc(C)cc1. The second-order valence-electron chi connectivity index (χ2n) is 4.06. The molecule has 0 aliphatic heterocycles. The smallest absolute Gasteiger partial charge is 0.261 e. The Labute approximate surface area is 112 Å². The van der Waals surface area contributed by atoms with Crippen molar-refractivity contribution in [2.75, 3.05) is 4.72 Å². The van der Waals surface area contributed by atoms with E-state index in [1.807, 2.05) is 6.92 Å². The Morgan fingerprint density at radius 2 is 1.89 bits per heavy atom. The highest BCUT2D eigenvalue weighted by atomic mass is 32.2. The summed E-state index contributed by atoms with van der Waals surface area (Å²) in [5, 5.41) is 0. The van der Waals surface area contributed by atoms with Crippen LogP contribution in [-0.2, 0) is 10.0 Å². The Hall–Kier alpha value is -2.14. The highest BCUT2D eigenvalue weighted by molar-refractivity contribution is 7.92. The van der Waals surface area contributed by atoms with Crippen molar-refractivity contribution in [2.45, 2.75) is 11.8 Å². The average Bonchev–Trinajstić information content (AvgIpc) is 2.39. The number of anilines is 1. The van der Waals surface area contributed by atoms with Crippen LogP contribution in [0.4, 0.5) is 5.69 Å². The second-order valence-corrected chi connectivity index (χ2v) is 5.74. The molecule has 0 aliphatic carbocycles. The molecule has 0 atom stereocenters. The van der Waals surface area contributed by atoms with Gasteiger partial charge in [-0.15, -0.1) is 0 Å². The standard InChI is InChI=1S/C14H14N2O2S/c1-3-13-14(5-4-10-15-13)16-19(17,18)12-8-6-11(2)7-9-12/h3-10,16H,1H2,2H3. The molecule has 2 rings (SSSR count). The van der Waals surface area contributed by atoms with Gasteiger partial charge in [0.15, 0.2) is 0 Å². The molecule has 1 heterocycles. The number of aryl methyl sites for hydroxylation is 1. The fourth-order valence-electron chi connectivity index (χ4n) is 1.59. The predicted molar refractivity (Wildman–Crippen MR) is 76.3 cm³/mol. The van der Waals surface area contributed by atoms with Crippen molar-refractivity contribution < 1.29 is 8.42 Å². The predicted octanol–water partition coefficient (Wildman–Crippen LogP) is 2.83. The number of pyridine rings is 1. The first kappa shape index (κ1) is 13.3. The molecular formula is C14H14N2O2S. The lowest BCUT2D eigenvalue weighted by molar-refractivity contribution is 0.601. The van der Waals surface area contributed by atoms with Crippen molar-refractivity contribution in [1.82, 2.24) is 4.98 Å². The third kappa shape index (κ3) is 3.00. The average molecular weight is 274 g/mol. The van der Waals surface area contributed by atoms with E-state index in [1.54, 1.807) is 42.6 Å². The summed E-state index contributed by atoms with van der Waals surface area (Å²) in [5.41, 5.74) is 1.92. The van der Waals surface area contributed by atoms with Gasteiger partial charge in [-0.2, -0.15) is 0 Å². The Balaban J connectivity index is 2.36. The lowest BCUT2D eigenvalue weighted by Gasteiger charge is -2.10. The zero-order valence-corrected chi connectivity index (χ0v) is 11.3.